The Morgan fingerprint density at radius 2 is 2.32 bits per heavy atom. The first-order valence-corrected chi connectivity index (χ1v) is 8.28. The van der Waals surface area contributed by atoms with Crippen molar-refractivity contribution in [2.75, 3.05) is 36.6 Å². The van der Waals surface area contributed by atoms with Gasteiger partial charge < -0.3 is 15.4 Å². The second-order valence-corrected chi connectivity index (χ2v) is 6.99. The summed E-state index contributed by atoms with van der Waals surface area (Å²) in [5.41, 5.74) is 6.51. The Hall–Kier alpha value is -0.880. The molecule has 2 N–H and O–H groups in total. The van der Waals surface area contributed by atoms with Gasteiger partial charge in [0.25, 0.3) is 0 Å². The number of carbonyl (C=O) groups excluding carboxylic acids is 1. The third-order valence-corrected chi connectivity index (χ3v) is 6.01. The van der Waals surface area contributed by atoms with E-state index in [-0.39, 0.29) is 5.78 Å². The Morgan fingerprint density at radius 3 is 2.89 bits per heavy atom. The number of nitrogens with zero attached hydrogens (tertiary/aromatic N) is 1. The number of thiophene rings is 1. The molecule has 2 rings (SSSR count). The number of nitrogen functional groups attached to an aromatic ring is 1. The second-order valence-electron chi connectivity index (χ2n) is 4.59. The van der Waals surface area contributed by atoms with E-state index in [1.54, 1.807) is 14.0 Å². The second kappa shape index (κ2) is 6.05. The van der Waals surface area contributed by atoms with Crippen molar-refractivity contribution in [1.82, 2.24) is 0 Å². The third-order valence-electron chi connectivity index (χ3n) is 3.29. The summed E-state index contributed by atoms with van der Waals surface area (Å²) in [6.07, 6.45) is 1.16. The van der Waals surface area contributed by atoms with Gasteiger partial charge in [-0.25, -0.2) is 0 Å². The largest absolute Gasteiger partial charge is 0.492 e. The van der Waals surface area contributed by atoms with Crippen molar-refractivity contribution >= 4 is 39.6 Å². The fourth-order valence-corrected chi connectivity index (χ4v) is 4.53. The summed E-state index contributed by atoms with van der Waals surface area (Å²) in [6.45, 7) is 5.73. The Bertz CT molecular complexity index is 473. The molecule has 1 aliphatic heterocycles. The maximum Gasteiger partial charge on any atom is 0.177 e. The molecule has 1 aromatic rings. The monoisotopic (exact) mass is 300 g/mol. The first-order valence-electron chi connectivity index (χ1n) is 6.42. The van der Waals surface area contributed by atoms with Gasteiger partial charge in [0, 0.05) is 31.0 Å². The molecular formula is C13H20N2O2S2. The molecule has 1 aromatic heterocycles. The van der Waals surface area contributed by atoms with Crippen molar-refractivity contribution in [3.63, 3.8) is 0 Å². The molecule has 0 radical (unpaired) electrons. The van der Waals surface area contributed by atoms with E-state index in [4.69, 9.17) is 10.5 Å². The summed E-state index contributed by atoms with van der Waals surface area (Å²) in [5, 5.41) is 1.64. The van der Waals surface area contributed by atoms with Crippen molar-refractivity contribution in [1.29, 1.82) is 0 Å². The lowest BCUT2D eigenvalue weighted by molar-refractivity contribution is 0.102. The van der Waals surface area contributed by atoms with E-state index in [9.17, 15) is 4.79 Å². The number of Topliss-reactive ketones (excluding diaryl/α,β-unsaturated/α-hetero) is 1. The van der Waals surface area contributed by atoms with E-state index in [2.05, 4.69) is 11.8 Å². The zero-order valence-electron chi connectivity index (χ0n) is 11.6. The molecular weight excluding hydrogens is 280 g/mol. The number of thioether (sulfide) groups is 1. The lowest BCUT2D eigenvalue weighted by Crippen LogP contribution is -2.37. The molecule has 0 bridgehead atoms. The molecule has 6 heteroatoms. The number of hydrogen-bond acceptors (Lipinski definition) is 6. The van der Waals surface area contributed by atoms with Gasteiger partial charge in [-0.05, 0) is 6.42 Å². The summed E-state index contributed by atoms with van der Waals surface area (Å²) < 4.78 is 5.41. The molecule has 4 nitrogen and oxygen atoms in total. The highest BCUT2D eigenvalue weighted by molar-refractivity contribution is 8.00. The number of nitrogens with two attached hydrogens (primary N) is 1. The van der Waals surface area contributed by atoms with Crippen LogP contribution in [-0.2, 0) is 0 Å². The molecule has 1 atom stereocenters. The molecule has 0 amide bonds. The topological polar surface area (TPSA) is 55.6 Å². The fourth-order valence-electron chi connectivity index (χ4n) is 2.23. The molecule has 2 heterocycles. The van der Waals surface area contributed by atoms with Crippen LogP contribution in [0.5, 0.6) is 5.75 Å². The van der Waals surface area contributed by atoms with E-state index in [1.807, 2.05) is 11.8 Å². The van der Waals surface area contributed by atoms with Crippen LogP contribution in [0.3, 0.4) is 0 Å². The van der Waals surface area contributed by atoms with Crippen LogP contribution >= 0.6 is 23.1 Å². The highest BCUT2D eigenvalue weighted by Gasteiger charge is 2.27. The minimum Gasteiger partial charge on any atom is -0.492 e. The minimum absolute atomic E-state index is 0.00507. The number of anilines is 2. The predicted molar refractivity (Wildman–Crippen MR) is 84.0 cm³/mol. The molecule has 0 saturated carbocycles. The zero-order valence-corrected chi connectivity index (χ0v) is 13.2. The lowest BCUT2D eigenvalue weighted by atomic mass is 10.2. The SMILES string of the molecule is CCC1CN(c2sc(C(C)=O)c(N)c2OC)CCS1. The van der Waals surface area contributed by atoms with Gasteiger partial charge in [-0.1, -0.05) is 6.92 Å². The van der Waals surface area contributed by atoms with E-state index in [0.29, 0.717) is 21.6 Å². The molecule has 0 aromatic carbocycles. The quantitative estimate of drug-likeness (QED) is 0.867. The van der Waals surface area contributed by atoms with Gasteiger partial charge in [0.15, 0.2) is 11.5 Å². The average molecular weight is 300 g/mol. The highest BCUT2D eigenvalue weighted by atomic mass is 32.2. The van der Waals surface area contributed by atoms with Gasteiger partial charge >= 0.3 is 0 Å². The molecule has 1 aliphatic rings. The predicted octanol–water partition coefficient (Wildman–Crippen LogP) is 2.87. The summed E-state index contributed by atoms with van der Waals surface area (Å²) in [4.78, 5) is 14.5. The molecule has 1 fully saturated rings. The van der Waals surface area contributed by atoms with Crippen molar-refractivity contribution < 1.29 is 9.53 Å². The molecule has 0 spiro atoms. The van der Waals surface area contributed by atoms with Crippen LogP contribution < -0.4 is 15.4 Å². The van der Waals surface area contributed by atoms with Crippen LogP contribution in [0.4, 0.5) is 10.7 Å². The Labute approximate surface area is 122 Å². The average Bonchev–Trinajstić information content (AvgIpc) is 2.75. The Balaban J connectivity index is 2.33. The lowest BCUT2D eigenvalue weighted by Gasteiger charge is -2.32. The molecule has 0 aliphatic carbocycles. The van der Waals surface area contributed by atoms with Crippen molar-refractivity contribution in [3.05, 3.63) is 4.88 Å². The van der Waals surface area contributed by atoms with Gasteiger partial charge in [0.05, 0.1) is 17.7 Å². The van der Waals surface area contributed by atoms with Crippen molar-refractivity contribution in [2.45, 2.75) is 25.5 Å². The summed E-state index contributed by atoms with van der Waals surface area (Å²) in [5.74, 6) is 1.77. The zero-order chi connectivity index (χ0) is 14.0. The van der Waals surface area contributed by atoms with Crippen LogP contribution in [0.25, 0.3) is 0 Å². The first kappa shape index (κ1) is 14.5. The van der Waals surface area contributed by atoms with Crippen LogP contribution in [-0.4, -0.2) is 37.0 Å². The maximum absolute atomic E-state index is 11.6. The Morgan fingerprint density at radius 1 is 1.58 bits per heavy atom. The smallest absolute Gasteiger partial charge is 0.177 e. The van der Waals surface area contributed by atoms with Gasteiger partial charge in [-0.2, -0.15) is 11.8 Å². The summed E-state index contributed by atoms with van der Waals surface area (Å²) >= 11 is 3.47. The minimum atomic E-state index is 0.00507. The Kier molecular flexibility index (Phi) is 4.62. The number of carbonyl (C=O) groups is 1. The van der Waals surface area contributed by atoms with Crippen molar-refractivity contribution in [2.24, 2.45) is 0 Å². The van der Waals surface area contributed by atoms with E-state index in [0.717, 1.165) is 30.3 Å². The summed E-state index contributed by atoms with van der Waals surface area (Å²) in [7, 11) is 1.61. The van der Waals surface area contributed by atoms with Crippen LogP contribution in [0.2, 0.25) is 0 Å². The number of rotatable bonds is 4. The first-order chi connectivity index (χ1) is 9.08. The fraction of sp³-hybridized carbons (Fsp3) is 0.615. The number of hydrogen-bond donors (Lipinski definition) is 1. The molecule has 1 saturated heterocycles. The van der Waals surface area contributed by atoms with Gasteiger partial charge in [0.2, 0.25) is 0 Å². The van der Waals surface area contributed by atoms with Gasteiger partial charge in [0.1, 0.15) is 5.00 Å². The molecule has 106 valence electrons. The summed E-state index contributed by atoms with van der Waals surface area (Å²) in [6, 6.07) is 0. The van der Waals surface area contributed by atoms with E-state index in [1.165, 1.54) is 11.3 Å². The van der Waals surface area contributed by atoms with Crippen molar-refractivity contribution in [3.8, 4) is 5.75 Å². The van der Waals surface area contributed by atoms with E-state index < -0.39 is 0 Å². The van der Waals surface area contributed by atoms with Gasteiger partial charge in [-0.15, -0.1) is 11.3 Å². The molecule has 19 heavy (non-hydrogen) atoms. The number of ether oxygens (including phenoxy) is 1. The normalized spacial score (nSPS) is 19.5. The van der Waals surface area contributed by atoms with Crippen LogP contribution in [0.1, 0.15) is 29.9 Å². The number of ketones is 1. The van der Waals surface area contributed by atoms with E-state index >= 15 is 0 Å². The molecule has 1 unspecified atom stereocenters. The van der Waals surface area contributed by atoms with Crippen LogP contribution in [0, 0.1) is 0 Å². The highest BCUT2D eigenvalue weighted by Crippen LogP contribution is 2.46. The third kappa shape index (κ3) is 2.84. The standard InChI is InChI=1S/C13H20N2O2S2/c1-4-9-7-15(5-6-18-9)13-11(17-3)10(14)12(19-13)8(2)16/h9H,4-7,14H2,1-3H3. The maximum atomic E-state index is 11.6. The van der Waals surface area contributed by atoms with Gasteiger partial charge in [-0.3, -0.25) is 4.79 Å². The number of methoxy groups -OCH3 is 1. The van der Waals surface area contributed by atoms with Crippen LogP contribution in [0.15, 0.2) is 0 Å².